The Morgan fingerprint density at radius 2 is 1.66 bits per heavy atom. The fourth-order valence-corrected chi connectivity index (χ4v) is 10.7. The molecule has 0 radical (unpaired) electrons. The molecule has 1 heterocycles. The van der Waals surface area contributed by atoms with E-state index >= 15 is 0 Å². The molecule has 35 heavy (non-hydrogen) atoms. The van der Waals surface area contributed by atoms with Crippen molar-refractivity contribution in [1.82, 2.24) is 0 Å². The van der Waals surface area contributed by atoms with E-state index in [2.05, 4.69) is 41.5 Å². The molecule has 2 N–H and O–H groups in total. The summed E-state index contributed by atoms with van der Waals surface area (Å²) in [6, 6.07) is 0. The van der Waals surface area contributed by atoms with Crippen LogP contribution in [0.15, 0.2) is 11.6 Å². The number of allylic oxidation sites excluding steroid dienone is 2. The number of epoxide rings is 1. The van der Waals surface area contributed by atoms with E-state index in [1.54, 1.807) is 0 Å². The van der Waals surface area contributed by atoms with Gasteiger partial charge >= 0.3 is 5.97 Å². The van der Waals surface area contributed by atoms with Gasteiger partial charge in [0.1, 0.15) is 6.10 Å². The average molecular weight is 485 g/mol. The third-order valence-electron chi connectivity index (χ3n) is 13.4. The Labute approximate surface area is 210 Å². The summed E-state index contributed by atoms with van der Waals surface area (Å²) in [5.41, 5.74) is -0.355. The summed E-state index contributed by atoms with van der Waals surface area (Å²) in [4.78, 5) is 26.6. The molecule has 3 unspecified atom stereocenters. The van der Waals surface area contributed by atoms with Crippen molar-refractivity contribution in [3.8, 4) is 0 Å². The van der Waals surface area contributed by atoms with E-state index in [9.17, 15) is 19.8 Å². The van der Waals surface area contributed by atoms with Crippen LogP contribution in [-0.4, -0.2) is 40.3 Å². The maximum absolute atomic E-state index is 14.3. The van der Waals surface area contributed by atoms with Gasteiger partial charge in [0.05, 0.1) is 17.6 Å². The number of aliphatic hydroxyl groups excluding tert-OH is 1. The molecule has 1 saturated heterocycles. The van der Waals surface area contributed by atoms with Crippen LogP contribution in [0, 0.1) is 50.2 Å². The smallest absolute Gasteiger partial charge is 0.309 e. The molecule has 4 saturated carbocycles. The first-order valence-corrected chi connectivity index (χ1v) is 13.9. The molecule has 0 aromatic rings. The van der Waals surface area contributed by atoms with E-state index in [0.29, 0.717) is 12.8 Å². The summed E-state index contributed by atoms with van der Waals surface area (Å²) in [5.74, 6) is -0.249. The molecule has 0 amide bonds. The van der Waals surface area contributed by atoms with Gasteiger partial charge < -0.3 is 14.9 Å². The summed E-state index contributed by atoms with van der Waals surface area (Å²) in [7, 11) is 0. The molecule has 11 atom stereocenters. The lowest BCUT2D eigenvalue weighted by Crippen LogP contribution is -2.68. The van der Waals surface area contributed by atoms with Crippen molar-refractivity contribution in [3.63, 3.8) is 0 Å². The van der Waals surface area contributed by atoms with Crippen molar-refractivity contribution in [2.75, 3.05) is 0 Å². The predicted octanol–water partition coefficient (Wildman–Crippen LogP) is 5.40. The van der Waals surface area contributed by atoms with Crippen molar-refractivity contribution < 1.29 is 24.5 Å². The molecule has 0 aromatic heterocycles. The summed E-state index contributed by atoms with van der Waals surface area (Å²) >= 11 is 0. The van der Waals surface area contributed by atoms with E-state index in [1.165, 1.54) is 5.57 Å². The van der Waals surface area contributed by atoms with E-state index in [-0.39, 0.29) is 62.8 Å². The van der Waals surface area contributed by atoms with Gasteiger partial charge in [0.2, 0.25) is 0 Å². The monoisotopic (exact) mass is 484 g/mol. The Morgan fingerprint density at radius 1 is 1.00 bits per heavy atom. The Hall–Kier alpha value is -1.20. The number of ether oxygens (including phenoxy) is 1. The second kappa shape index (κ2) is 6.62. The topological polar surface area (TPSA) is 87.1 Å². The molecular formula is C30H44O5. The zero-order valence-corrected chi connectivity index (χ0v) is 22.6. The first-order chi connectivity index (χ1) is 16.1. The number of aliphatic hydroxyl groups is 1. The zero-order valence-electron chi connectivity index (χ0n) is 22.6. The summed E-state index contributed by atoms with van der Waals surface area (Å²) in [5, 5.41) is 21.1. The van der Waals surface area contributed by atoms with Crippen molar-refractivity contribution in [1.29, 1.82) is 0 Å². The molecule has 5 nitrogen and oxygen atoms in total. The van der Waals surface area contributed by atoms with Crippen LogP contribution in [0.1, 0.15) is 93.4 Å². The van der Waals surface area contributed by atoms with E-state index in [0.717, 1.165) is 32.1 Å². The minimum atomic E-state index is -0.730. The maximum Gasteiger partial charge on any atom is 0.309 e. The number of hydrogen-bond donors (Lipinski definition) is 2. The molecular weight excluding hydrogens is 440 g/mol. The molecule has 1 aliphatic heterocycles. The lowest BCUT2D eigenvalue weighted by molar-refractivity contribution is -0.194. The number of carbonyl (C=O) groups is 2. The second-order valence-corrected chi connectivity index (χ2v) is 15.2. The van der Waals surface area contributed by atoms with Gasteiger partial charge in [0.25, 0.3) is 0 Å². The standard InChI is InChI=1S/C30H44O5/c1-25(2)19-8-9-29(6)21(30(19,7)23-20(35-23)22(25)32)18(31)14-16-17-15-27(4,24(33)34)11-10-26(17,3)12-13-28(16,29)5/h14,17,19-23,32H,8-13,15H2,1-7H3,(H,33,34)/t17?,19?,20-,21?,22-,23-,26+,27-,28+,29+,30-/m0/s1. The van der Waals surface area contributed by atoms with Gasteiger partial charge in [0, 0.05) is 11.3 Å². The van der Waals surface area contributed by atoms with Gasteiger partial charge in [-0.15, -0.1) is 0 Å². The van der Waals surface area contributed by atoms with Gasteiger partial charge in [0.15, 0.2) is 5.78 Å². The van der Waals surface area contributed by atoms with Crippen LogP contribution < -0.4 is 0 Å². The van der Waals surface area contributed by atoms with Crippen LogP contribution in [-0.2, 0) is 14.3 Å². The highest BCUT2D eigenvalue weighted by Gasteiger charge is 2.77. The molecule has 0 aromatic carbocycles. The SMILES string of the molecule is CC1(C)C2CC[C@]3(C)C(C(=O)C=C4C5C[C@@](C)(C(=O)O)CC[C@]5(C)CC[C@]43C)[C@@]2(C)[C@H]2O[C@H]2[C@@H]1O. The molecule has 5 fully saturated rings. The normalized spacial score (nSPS) is 58.1. The summed E-state index contributed by atoms with van der Waals surface area (Å²) < 4.78 is 6.18. The number of carboxylic acid groups (broad SMARTS) is 1. The van der Waals surface area contributed by atoms with Crippen LogP contribution in [0.5, 0.6) is 0 Å². The Balaban J connectivity index is 1.48. The van der Waals surface area contributed by atoms with Crippen LogP contribution in [0.4, 0.5) is 0 Å². The third-order valence-corrected chi connectivity index (χ3v) is 13.4. The molecule has 6 aliphatic rings. The Kier molecular flexibility index (Phi) is 4.57. The molecule has 6 rings (SSSR count). The largest absolute Gasteiger partial charge is 0.481 e. The molecule has 0 spiro atoms. The third kappa shape index (κ3) is 2.63. The number of hydrogen-bond acceptors (Lipinski definition) is 4. The number of carboxylic acids is 1. The Morgan fingerprint density at radius 3 is 2.31 bits per heavy atom. The molecule has 0 bridgehead atoms. The van der Waals surface area contributed by atoms with Crippen molar-refractivity contribution >= 4 is 11.8 Å². The highest BCUT2D eigenvalue weighted by Crippen LogP contribution is 2.76. The highest BCUT2D eigenvalue weighted by molar-refractivity contribution is 5.96. The average Bonchev–Trinajstić information content (AvgIpc) is 3.57. The lowest BCUT2D eigenvalue weighted by Gasteiger charge is -2.69. The zero-order chi connectivity index (χ0) is 25.6. The van der Waals surface area contributed by atoms with Gasteiger partial charge in [-0.25, -0.2) is 0 Å². The molecule has 5 heteroatoms. The van der Waals surface area contributed by atoms with Crippen molar-refractivity contribution in [2.45, 2.75) is 112 Å². The predicted molar refractivity (Wildman–Crippen MR) is 132 cm³/mol. The quantitative estimate of drug-likeness (QED) is 0.487. The van der Waals surface area contributed by atoms with E-state index in [4.69, 9.17) is 4.74 Å². The van der Waals surface area contributed by atoms with E-state index in [1.807, 2.05) is 13.0 Å². The fourth-order valence-electron chi connectivity index (χ4n) is 10.7. The van der Waals surface area contributed by atoms with E-state index < -0.39 is 17.5 Å². The second-order valence-electron chi connectivity index (χ2n) is 15.2. The maximum atomic E-state index is 14.3. The lowest BCUT2D eigenvalue weighted by atomic mass is 9.33. The molecule has 194 valence electrons. The van der Waals surface area contributed by atoms with Crippen LogP contribution in [0.3, 0.4) is 0 Å². The number of rotatable bonds is 1. The van der Waals surface area contributed by atoms with Crippen molar-refractivity contribution in [2.24, 2.45) is 50.2 Å². The molecule has 5 aliphatic carbocycles. The van der Waals surface area contributed by atoms with Crippen LogP contribution in [0.2, 0.25) is 0 Å². The van der Waals surface area contributed by atoms with Crippen LogP contribution in [0.25, 0.3) is 0 Å². The minimum Gasteiger partial charge on any atom is -0.481 e. The summed E-state index contributed by atoms with van der Waals surface area (Å²) in [6.07, 6.45) is 7.63. The number of ketones is 1. The minimum absolute atomic E-state index is 0.0542. The van der Waals surface area contributed by atoms with Gasteiger partial charge in [-0.2, -0.15) is 0 Å². The first-order valence-electron chi connectivity index (χ1n) is 13.9. The summed E-state index contributed by atoms with van der Waals surface area (Å²) in [6.45, 7) is 15.6. The van der Waals surface area contributed by atoms with Gasteiger partial charge in [-0.05, 0) is 91.4 Å². The number of fused-ring (bicyclic) bond motifs is 9. The number of carbonyl (C=O) groups excluding carboxylic acids is 1. The first kappa shape index (κ1) is 24.2. The van der Waals surface area contributed by atoms with Gasteiger partial charge in [-0.1, -0.05) is 47.1 Å². The van der Waals surface area contributed by atoms with Gasteiger partial charge in [-0.3, -0.25) is 9.59 Å². The Bertz CT molecular complexity index is 1050. The fraction of sp³-hybridized carbons (Fsp3) is 0.867. The highest BCUT2D eigenvalue weighted by atomic mass is 16.6. The number of aliphatic carboxylic acids is 1. The van der Waals surface area contributed by atoms with Crippen LogP contribution >= 0.6 is 0 Å². The van der Waals surface area contributed by atoms with Crippen molar-refractivity contribution in [3.05, 3.63) is 11.6 Å².